The summed E-state index contributed by atoms with van der Waals surface area (Å²) in [5, 5.41) is 6.76. The number of esters is 1. The fourth-order valence-electron chi connectivity index (χ4n) is 3.02. The lowest BCUT2D eigenvalue weighted by molar-refractivity contribution is -0.274. The molecule has 3 aromatic rings. The van der Waals surface area contributed by atoms with E-state index in [9.17, 15) is 26.4 Å². The smallest absolute Gasteiger partial charge is 0.460 e. The maximum Gasteiger partial charge on any atom is 0.573 e. The van der Waals surface area contributed by atoms with E-state index in [4.69, 9.17) is 4.74 Å². The topological polar surface area (TPSA) is 95.5 Å². The van der Waals surface area contributed by atoms with Crippen LogP contribution in [-0.2, 0) is 14.6 Å². The van der Waals surface area contributed by atoms with Gasteiger partial charge in [-0.1, -0.05) is 42.5 Å². The van der Waals surface area contributed by atoms with Gasteiger partial charge >= 0.3 is 12.3 Å². The van der Waals surface area contributed by atoms with Crippen molar-refractivity contribution in [1.82, 2.24) is 10.2 Å². The molecular formula is C21H17F3N2O5S. The van der Waals surface area contributed by atoms with Gasteiger partial charge in [-0.15, -0.1) is 29.9 Å². The SMILES string of the molecule is C=CCCOC(=O)c1nnc2ccc(-c3ccccc3)c(S(C)(=O)=O)c2c1OC(F)(F)F. The summed E-state index contributed by atoms with van der Waals surface area (Å²) >= 11 is 0. The van der Waals surface area contributed by atoms with Gasteiger partial charge in [-0.05, 0) is 18.1 Å². The average molecular weight is 466 g/mol. The number of rotatable bonds is 7. The highest BCUT2D eigenvalue weighted by atomic mass is 32.2. The van der Waals surface area contributed by atoms with Crippen LogP contribution in [0, 0.1) is 0 Å². The number of benzene rings is 2. The van der Waals surface area contributed by atoms with E-state index in [0.29, 0.717) is 5.56 Å². The van der Waals surface area contributed by atoms with Crippen molar-refractivity contribution >= 4 is 26.7 Å². The second-order valence-electron chi connectivity index (χ2n) is 6.61. The fraction of sp³-hybridized carbons (Fsp3) is 0.190. The normalized spacial score (nSPS) is 11.9. The van der Waals surface area contributed by atoms with Crippen LogP contribution < -0.4 is 4.74 Å². The van der Waals surface area contributed by atoms with E-state index in [1.54, 1.807) is 30.3 Å². The van der Waals surface area contributed by atoms with Gasteiger partial charge in [-0.3, -0.25) is 0 Å². The van der Waals surface area contributed by atoms with Gasteiger partial charge in [0.1, 0.15) is 0 Å². The second kappa shape index (κ2) is 8.95. The van der Waals surface area contributed by atoms with Gasteiger partial charge in [-0.2, -0.15) is 0 Å². The number of ether oxygens (including phenoxy) is 2. The Morgan fingerprint density at radius 1 is 1.12 bits per heavy atom. The molecule has 7 nitrogen and oxygen atoms in total. The molecule has 0 radical (unpaired) electrons. The number of alkyl halides is 3. The Morgan fingerprint density at radius 3 is 2.41 bits per heavy atom. The number of aromatic nitrogens is 2. The van der Waals surface area contributed by atoms with Gasteiger partial charge in [0.05, 0.1) is 22.4 Å². The third kappa shape index (κ3) is 5.05. The molecule has 2 aromatic carbocycles. The number of carbonyl (C=O) groups excluding carboxylic acids is 1. The molecule has 0 saturated heterocycles. The lowest BCUT2D eigenvalue weighted by Crippen LogP contribution is -2.22. The zero-order valence-electron chi connectivity index (χ0n) is 16.7. The largest absolute Gasteiger partial charge is 0.573 e. The van der Waals surface area contributed by atoms with Crippen molar-refractivity contribution in [2.24, 2.45) is 0 Å². The fourth-order valence-corrected chi connectivity index (χ4v) is 4.18. The van der Waals surface area contributed by atoms with Crippen LogP contribution >= 0.6 is 0 Å². The molecule has 1 aromatic heterocycles. The first kappa shape index (κ1) is 23.2. The summed E-state index contributed by atoms with van der Waals surface area (Å²) < 4.78 is 74.4. The summed E-state index contributed by atoms with van der Waals surface area (Å²) in [6.45, 7) is 3.28. The molecule has 0 aliphatic heterocycles. The molecule has 0 fully saturated rings. The highest BCUT2D eigenvalue weighted by Gasteiger charge is 2.37. The Hall–Kier alpha value is -3.47. The van der Waals surface area contributed by atoms with Crippen LogP contribution in [0.25, 0.3) is 22.0 Å². The highest BCUT2D eigenvalue weighted by molar-refractivity contribution is 7.91. The summed E-state index contributed by atoms with van der Waals surface area (Å²) in [5.41, 5.74) is -0.549. The summed E-state index contributed by atoms with van der Waals surface area (Å²) in [6.07, 6.45) is -2.72. The van der Waals surface area contributed by atoms with E-state index in [-0.39, 0.29) is 24.1 Å². The number of nitrogens with zero attached hydrogens (tertiary/aromatic N) is 2. The molecule has 11 heteroatoms. The lowest BCUT2D eigenvalue weighted by Gasteiger charge is -2.17. The molecule has 0 saturated carbocycles. The molecule has 32 heavy (non-hydrogen) atoms. The molecule has 0 aliphatic carbocycles. The number of hydrogen-bond acceptors (Lipinski definition) is 7. The Bertz CT molecular complexity index is 1280. The van der Waals surface area contributed by atoms with Gasteiger partial charge in [0.25, 0.3) is 0 Å². The van der Waals surface area contributed by atoms with Crippen LogP contribution in [0.2, 0.25) is 0 Å². The first-order valence-electron chi connectivity index (χ1n) is 9.15. The van der Waals surface area contributed by atoms with Crippen LogP contribution in [-0.4, -0.2) is 43.8 Å². The second-order valence-corrected chi connectivity index (χ2v) is 8.57. The predicted molar refractivity (Wildman–Crippen MR) is 110 cm³/mol. The Kier molecular flexibility index (Phi) is 6.49. The summed E-state index contributed by atoms with van der Waals surface area (Å²) in [6, 6.07) is 10.9. The van der Waals surface area contributed by atoms with Gasteiger partial charge in [0, 0.05) is 11.8 Å². The zero-order chi connectivity index (χ0) is 23.5. The molecule has 0 bridgehead atoms. The summed E-state index contributed by atoms with van der Waals surface area (Å²) in [5.74, 6) is -2.34. The van der Waals surface area contributed by atoms with E-state index >= 15 is 0 Å². The lowest BCUT2D eigenvalue weighted by atomic mass is 10.0. The Morgan fingerprint density at radius 2 is 1.81 bits per heavy atom. The molecule has 0 atom stereocenters. The molecule has 168 valence electrons. The van der Waals surface area contributed by atoms with Crippen LogP contribution in [0.5, 0.6) is 5.75 Å². The molecule has 0 aliphatic rings. The van der Waals surface area contributed by atoms with E-state index in [0.717, 1.165) is 6.26 Å². The van der Waals surface area contributed by atoms with Crippen LogP contribution in [0.15, 0.2) is 60.0 Å². The molecule has 0 N–H and O–H groups in total. The van der Waals surface area contributed by atoms with Crippen LogP contribution in [0.1, 0.15) is 16.9 Å². The standard InChI is InChI=1S/C21H17F3N2O5S/c1-3-4-12-30-20(27)17-18(31-21(22,23)24)16-15(25-26-17)11-10-14(19(16)32(2,28)29)13-8-6-5-7-9-13/h3,5-11H,1,4,12H2,2H3. The van der Waals surface area contributed by atoms with E-state index < -0.39 is 43.9 Å². The molecule has 1 heterocycles. The minimum atomic E-state index is -5.25. The van der Waals surface area contributed by atoms with Crippen molar-refractivity contribution < 1.29 is 35.9 Å². The van der Waals surface area contributed by atoms with E-state index in [2.05, 4.69) is 21.5 Å². The van der Waals surface area contributed by atoms with Crippen LogP contribution in [0.4, 0.5) is 13.2 Å². The van der Waals surface area contributed by atoms with Crippen molar-refractivity contribution in [2.45, 2.75) is 17.7 Å². The monoisotopic (exact) mass is 466 g/mol. The first-order valence-corrected chi connectivity index (χ1v) is 11.0. The maximum absolute atomic E-state index is 13.3. The van der Waals surface area contributed by atoms with Crippen molar-refractivity contribution in [1.29, 1.82) is 0 Å². The molecule has 0 amide bonds. The average Bonchev–Trinajstić information content (AvgIpc) is 2.72. The molecular weight excluding hydrogens is 449 g/mol. The zero-order valence-corrected chi connectivity index (χ0v) is 17.5. The Balaban J connectivity index is 2.40. The third-order valence-corrected chi connectivity index (χ3v) is 5.42. The minimum absolute atomic E-state index is 0.117. The quantitative estimate of drug-likeness (QED) is 0.291. The first-order chi connectivity index (χ1) is 15.0. The summed E-state index contributed by atoms with van der Waals surface area (Å²) in [7, 11) is -4.13. The van der Waals surface area contributed by atoms with E-state index in [1.807, 2.05) is 0 Å². The Labute approximate surface area is 181 Å². The van der Waals surface area contributed by atoms with Gasteiger partial charge in [-0.25, -0.2) is 13.2 Å². The number of fused-ring (bicyclic) bond motifs is 1. The van der Waals surface area contributed by atoms with Crippen molar-refractivity contribution in [3.05, 3.63) is 60.8 Å². The van der Waals surface area contributed by atoms with Gasteiger partial charge in [0.2, 0.25) is 5.69 Å². The number of hydrogen-bond donors (Lipinski definition) is 0. The molecule has 0 unspecified atom stereocenters. The van der Waals surface area contributed by atoms with Crippen molar-refractivity contribution in [2.75, 3.05) is 12.9 Å². The highest BCUT2D eigenvalue weighted by Crippen LogP contribution is 2.41. The van der Waals surface area contributed by atoms with Gasteiger partial charge < -0.3 is 9.47 Å². The number of sulfone groups is 1. The molecule has 3 rings (SSSR count). The van der Waals surface area contributed by atoms with Crippen molar-refractivity contribution in [3.8, 4) is 16.9 Å². The third-order valence-electron chi connectivity index (χ3n) is 4.26. The van der Waals surface area contributed by atoms with Crippen LogP contribution in [0.3, 0.4) is 0 Å². The van der Waals surface area contributed by atoms with Crippen molar-refractivity contribution in [3.63, 3.8) is 0 Å². The minimum Gasteiger partial charge on any atom is -0.460 e. The summed E-state index contributed by atoms with van der Waals surface area (Å²) in [4.78, 5) is 12.0. The van der Waals surface area contributed by atoms with Gasteiger partial charge in [0.15, 0.2) is 15.6 Å². The maximum atomic E-state index is 13.3. The predicted octanol–water partition coefficient (Wildman–Crippen LogP) is 4.33. The van der Waals surface area contributed by atoms with E-state index in [1.165, 1.54) is 18.2 Å². The molecule has 0 spiro atoms. The number of halogens is 3. The number of carbonyl (C=O) groups is 1.